The minimum absolute atomic E-state index is 0.0139. The van der Waals surface area contributed by atoms with E-state index >= 15 is 0 Å². The highest BCUT2D eigenvalue weighted by atomic mass is 16.5. The number of piperidine rings is 1. The van der Waals surface area contributed by atoms with Crippen molar-refractivity contribution in [2.24, 2.45) is 5.92 Å². The summed E-state index contributed by atoms with van der Waals surface area (Å²) in [5.41, 5.74) is 4.36. The van der Waals surface area contributed by atoms with Gasteiger partial charge in [0.1, 0.15) is 0 Å². The second-order valence-electron chi connectivity index (χ2n) is 8.51. The molecule has 1 saturated carbocycles. The number of fused-ring (bicyclic) bond motifs is 2. The number of aromatic nitrogens is 1. The second-order valence-corrected chi connectivity index (χ2v) is 8.51. The topological polar surface area (TPSA) is 34.5 Å². The first-order chi connectivity index (χ1) is 12.7. The summed E-state index contributed by atoms with van der Waals surface area (Å²) >= 11 is 0. The number of esters is 1. The molecule has 0 N–H and O–H groups in total. The molecule has 138 valence electrons. The molecule has 2 fully saturated rings. The number of benzene rings is 1. The van der Waals surface area contributed by atoms with Crippen LogP contribution < -0.4 is 0 Å². The second kappa shape index (κ2) is 6.12. The van der Waals surface area contributed by atoms with E-state index < -0.39 is 0 Å². The molecule has 3 atom stereocenters. The molecule has 2 heterocycles. The van der Waals surface area contributed by atoms with Gasteiger partial charge in [-0.3, -0.25) is 4.79 Å². The molecule has 4 heteroatoms. The van der Waals surface area contributed by atoms with Gasteiger partial charge in [0.2, 0.25) is 0 Å². The van der Waals surface area contributed by atoms with E-state index in [9.17, 15) is 4.79 Å². The normalized spacial score (nSPS) is 29.1. The molecule has 1 aromatic heterocycles. The fourth-order valence-electron chi connectivity index (χ4n) is 5.90. The van der Waals surface area contributed by atoms with Crippen LogP contribution in [0.3, 0.4) is 0 Å². The first-order valence-electron chi connectivity index (χ1n) is 10.1. The maximum Gasteiger partial charge on any atom is 0.309 e. The summed E-state index contributed by atoms with van der Waals surface area (Å²) in [6.45, 7) is 0.808. The summed E-state index contributed by atoms with van der Waals surface area (Å²) in [5.74, 6) is 0.352. The summed E-state index contributed by atoms with van der Waals surface area (Å²) < 4.78 is 7.63. The van der Waals surface area contributed by atoms with Crippen LogP contribution >= 0.6 is 0 Å². The molecule has 4 nitrogen and oxygen atoms in total. The summed E-state index contributed by atoms with van der Waals surface area (Å²) in [6.07, 6.45) is 9.79. The zero-order valence-corrected chi connectivity index (χ0v) is 15.8. The van der Waals surface area contributed by atoms with Crippen molar-refractivity contribution in [2.75, 3.05) is 20.7 Å². The molecule has 26 heavy (non-hydrogen) atoms. The van der Waals surface area contributed by atoms with Crippen LogP contribution in [0.2, 0.25) is 0 Å². The Morgan fingerprint density at radius 2 is 2.04 bits per heavy atom. The Morgan fingerprint density at radius 3 is 2.81 bits per heavy atom. The number of carbonyl (C=O) groups excluding carboxylic acids is 1. The number of ether oxygens (including phenoxy) is 1. The highest BCUT2D eigenvalue weighted by Crippen LogP contribution is 2.46. The highest BCUT2D eigenvalue weighted by Gasteiger charge is 2.42. The Morgan fingerprint density at radius 1 is 1.23 bits per heavy atom. The molecule has 1 aliphatic heterocycles. The monoisotopic (exact) mass is 352 g/mol. The predicted molar refractivity (Wildman–Crippen MR) is 102 cm³/mol. The minimum atomic E-state index is -0.0585. The number of likely N-dealkylation sites (N-methyl/N-ethyl adjacent to an activating group) is 1. The Balaban J connectivity index is 1.60. The van der Waals surface area contributed by atoms with E-state index in [2.05, 4.69) is 40.9 Å². The van der Waals surface area contributed by atoms with Gasteiger partial charge in [-0.15, -0.1) is 0 Å². The smallest absolute Gasteiger partial charge is 0.309 e. The molecule has 0 amide bonds. The van der Waals surface area contributed by atoms with Gasteiger partial charge in [-0.1, -0.05) is 25.0 Å². The average Bonchev–Trinajstić information content (AvgIpc) is 3.30. The van der Waals surface area contributed by atoms with Gasteiger partial charge in [0.25, 0.3) is 0 Å². The first-order valence-corrected chi connectivity index (χ1v) is 10.1. The lowest BCUT2D eigenvalue weighted by Gasteiger charge is -2.44. The lowest BCUT2D eigenvalue weighted by atomic mass is 9.72. The zero-order valence-electron chi connectivity index (χ0n) is 15.8. The Labute approximate surface area is 155 Å². The molecule has 5 rings (SSSR count). The standard InChI is InChI=1S/C22H28N2O2/c1-23-12-15(22(25)26-2)10-18-17-8-5-9-19-21(17)14(11-20(18)23)13-24(19)16-6-3-4-7-16/h5,8-9,13,15-16,18,20H,3-4,6-7,10-12H2,1-2H3. The van der Waals surface area contributed by atoms with E-state index in [-0.39, 0.29) is 11.9 Å². The van der Waals surface area contributed by atoms with Crippen LogP contribution in [0.1, 0.15) is 55.2 Å². The third-order valence-corrected chi connectivity index (χ3v) is 7.13. The van der Waals surface area contributed by atoms with Crippen LogP contribution in [-0.4, -0.2) is 42.2 Å². The highest BCUT2D eigenvalue weighted by molar-refractivity contribution is 5.89. The molecule has 3 unspecified atom stereocenters. The number of carbonyl (C=O) groups is 1. The van der Waals surface area contributed by atoms with E-state index in [4.69, 9.17) is 4.74 Å². The molecule has 0 spiro atoms. The lowest BCUT2D eigenvalue weighted by molar-refractivity contribution is -0.148. The van der Waals surface area contributed by atoms with Gasteiger partial charge >= 0.3 is 5.97 Å². The zero-order chi connectivity index (χ0) is 17.8. The first kappa shape index (κ1) is 16.4. The predicted octanol–water partition coefficient (Wildman–Crippen LogP) is 3.89. The summed E-state index contributed by atoms with van der Waals surface area (Å²) in [7, 11) is 3.68. The van der Waals surface area contributed by atoms with Crippen LogP contribution in [0.15, 0.2) is 24.4 Å². The molecular formula is C22H28N2O2. The molecule has 1 saturated heterocycles. The van der Waals surface area contributed by atoms with Crippen molar-refractivity contribution in [1.82, 2.24) is 9.47 Å². The van der Waals surface area contributed by atoms with Crippen LogP contribution in [0.4, 0.5) is 0 Å². The fourth-order valence-corrected chi connectivity index (χ4v) is 5.90. The van der Waals surface area contributed by atoms with E-state index in [0.717, 1.165) is 19.4 Å². The van der Waals surface area contributed by atoms with Gasteiger partial charge < -0.3 is 14.2 Å². The maximum atomic E-state index is 12.2. The number of nitrogens with zero attached hydrogens (tertiary/aromatic N) is 2. The molecule has 0 radical (unpaired) electrons. The lowest BCUT2D eigenvalue weighted by Crippen LogP contribution is -2.49. The maximum absolute atomic E-state index is 12.2. The summed E-state index contributed by atoms with van der Waals surface area (Å²) in [5, 5.41) is 1.47. The van der Waals surface area contributed by atoms with Crippen molar-refractivity contribution in [1.29, 1.82) is 0 Å². The Hall–Kier alpha value is -1.81. The van der Waals surface area contributed by atoms with Crippen molar-refractivity contribution in [3.8, 4) is 0 Å². The summed E-state index contributed by atoms with van der Waals surface area (Å²) in [4.78, 5) is 14.6. The van der Waals surface area contributed by atoms with Crippen molar-refractivity contribution >= 4 is 16.9 Å². The average molecular weight is 352 g/mol. The van der Waals surface area contributed by atoms with Crippen LogP contribution in [-0.2, 0) is 16.0 Å². The molecule has 2 aliphatic carbocycles. The SMILES string of the molecule is COC(=O)C1CC2c3cccc4c3c(cn4C3CCCC3)CC2N(C)C1. The minimum Gasteiger partial charge on any atom is -0.469 e. The quantitative estimate of drug-likeness (QED) is 0.769. The van der Waals surface area contributed by atoms with Gasteiger partial charge in [0.05, 0.1) is 13.0 Å². The van der Waals surface area contributed by atoms with Crippen LogP contribution in [0, 0.1) is 5.92 Å². The van der Waals surface area contributed by atoms with E-state index in [1.54, 1.807) is 0 Å². The van der Waals surface area contributed by atoms with Crippen LogP contribution in [0.5, 0.6) is 0 Å². The molecular weight excluding hydrogens is 324 g/mol. The third-order valence-electron chi connectivity index (χ3n) is 7.13. The van der Waals surface area contributed by atoms with Gasteiger partial charge in [-0.2, -0.15) is 0 Å². The van der Waals surface area contributed by atoms with Gasteiger partial charge in [0.15, 0.2) is 0 Å². The molecule has 0 bridgehead atoms. The Bertz CT molecular complexity index is 849. The van der Waals surface area contributed by atoms with Crippen molar-refractivity contribution in [2.45, 2.75) is 56.5 Å². The number of rotatable bonds is 2. The van der Waals surface area contributed by atoms with Gasteiger partial charge in [-0.05, 0) is 49.9 Å². The third kappa shape index (κ3) is 2.34. The number of likely N-dealkylation sites (tertiary alicyclic amines) is 1. The summed E-state index contributed by atoms with van der Waals surface area (Å²) in [6, 6.07) is 7.98. The van der Waals surface area contributed by atoms with Gasteiger partial charge in [-0.25, -0.2) is 0 Å². The van der Waals surface area contributed by atoms with Crippen molar-refractivity contribution in [3.63, 3.8) is 0 Å². The van der Waals surface area contributed by atoms with Crippen LogP contribution in [0.25, 0.3) is 10.9 Å². The van der Waals surface area contributed by atoms with E-state index in [1.807, 2.05) is 0 Å². The van der Waals surface area contributed by atoms with E-state index in [1.165, 1.54) is 54.8 Å². The van der Waals surface area contributed by atoms with E-state index in [0.29, 0.717) is 18.0 Å². The Kier molecular flexibility index (Phi) is 3.85. The largest absolute Gasteiger partial charge is 0.469 e. The van der Waals surface area contributed by atoms with Gasteiger partial charge in [0, 0.05) is 41.6 Å². The van der Waals surface area contributed by atoms with Crippen molar-refractivity contribution < 1.29 is 9.53 Å². The molecule has 3 aliphatic rings. The van der Waals surface area contributed by atoms with Crippen molar-refractivity contribution in [3.05, 3.63) is 35.5 Å². The molecule has 2 aromatic rings. The molecule has 1 aromatic carbocycles. The fraction of sp³-hybridized carbons (Fsp3) is 0.591. The number of hydrogen-bond donors (Lipinski definition) is 0. The number of hydrogen-bond acceptors (Lipinski definition) is 3. The number of methoxy groups -OCH3 is 1.